The Morgan fingerprint density at radius 1 is 1.18 bits per heavy atom. The Bertz CT molecular complexity index is 419. The fourth-order valence-corrected chi connectivity index (χ4v) is 2.09. The Balaban J connectivity index is 2.62. The third kappa shape index (κ3) is 1.76. The van der Waals surface area contributed by atoms with Gasteiger partial charge in [0, 0.05) is 6.07 Å². The first-order chi connectivity index (χ1) is 8.26. The first kappa shape index (κ1) is 11.9. The van der Waals surface area contributed by atoms with Crippen LogP contribution in [0, 0.1) is 0 Å². The molecular weight excluding hydrogens is 222 g/mol. The highest BCUT2D eigenvalue weighted by atomic mass is 16.5. The van der Waals surface area contributed by atoms with Crippen molar-refractivity contribution in [3.8, 4) is 23.0 Å². The molecule has 17 heavy (non-hydrogen) atoms. The second-order valence-corrected chi connectivity index (χ2v) is 3.71. The van der Waals surface area contributed by atoms with Crippen LogP contribution in [0.3, 0.4) is 0 Å². The van der Waals surface area contributed by atoms with Crippen LogP contribution >= 0.6 is 0 Å². The summed E-state index contributed by atoms with van der Waals surface area (Å²) < 4.78 is 21.6. The predicted octanol–water partition coefficient (Wildman–Crippen LogP) is 1.37. The van der Waals surface area contributed by atoms with Crippen molar-refractivity contribution in [2.24, 2.45) is 0 Å². The molecule has 0 spiro atoms. The SMILES string of the molecule is CNC1COc2cc(OC)c(OC)c(OC)c21. The minimum atomic E-state index is 0.111. The van der Waals surface area contributed by atoms with E-state index in [0.29, 0.717) is 23.9 Å². The number of rotatable bonds is 4. The van der Waals surface area contributed by atoms with Crippen molar-refractivity contribution in [2.45, 2.75) is 6.04 Å². The van der Waals surface area contributed by atoms with Gasteiger partial charge in [-0.3, -0.25) is 0 Å². The van der Waals surface area contributed by atoms with E-state index in [-0.39, 0.29) is 6.04 Å². The van der Waals surface area contributed by atoms with Gasteiger partial charge >= 0.3 is 0 Å². The molecule has 0 fully saturated rings. The Morgan fingerprint density at radius 3 is 2.41 bits per heavy atom. The highest BCUT2D eigenvalue weighted by Gasteiger charge is 2.31. The molecule has 0 saturated carbocycles. The molecule has 1 aromatic carbocycles. The standard InChI is InChI=1S/C12H17NO4/c1-13-7-6-17-8-5-9(14-2)11(15-3)12(16-4)10(7)8/h5,7,13H,6H2,1-4H3. The van der Waals surface area contributed by atoms with Crippen molar-refractivity contribution >= 4 is 0 Å². The Hall–Kier alpha value is -1.62. The highest BCUT2D eigenvalue weighted by Crippen LogP contribution is 2.49. The van der Waals surface area contributed by atoms with Crippen LogP contribution < -0.4 is 24.3 Å². The summed E-state index contributed by atoms with van der Waals surface area (Å²) in [4.78, 5) is 0. The van der Waals surface area contributed by atoms with Crippen LogP contribution in [-0.4, -0.2) is 35.0 Å². The van der Waals surface area contributed by atoms with E-state index in [9.17, 15) is 0 Å². The van der Waals surface area contributed by atoms with Gasteiger partial charge in [0.15, 0.2) is 11.5 Å². The average Bonchev–Trinajstić information content (AvgIpc) is 2.78. The van der Waals surface area contributed by atoms with Gasteiger partial charge in [-0.25, -0.2) is 0 Å². The number of methoxy groups -OCH3 is 3. The largest absolute Gasteiger partial charge is 0.493 e. The summed E-state index contributed by atoms with van der Waals surface area (Å²) in [6.07, 6.45) is 0. The van der Waals surface area contributed by atoms with Crippen LogP contribution in [0.25, 0.3) is 0 Å². The number of likely N-dealkylation sites (N-methyl/N-ethyl adjacent to an activating group) is 1. The average molecular weight is 239 g/mol. The monoisotopic (exact) mass is 239 g/mol. The summed E-state index contributed by atoms with van der Waals surface area (Å²) in [6, 6.07) is 1.94. The van der Waals surface area contributed by atoms with Gasteiger partial charge in [-0.15, -0.1) is 0 Å². The second kappa shape index (κ2) is 4.71. The molecule has 0 aromatic heterocycles. The zero-order chi connectivity index (χ0) is 12.4. The molecule has 1 atom stereocenters. The fourth-order valence-electron chi connectivity index (χ4n) is 2.09. The number of hydrogen-bond acceptors (Lipinski definition) is 5. The molecule has 1 heterocycles. The molecule has 94 valence electrons. The quantitative estimate of drug-likeness (QED) is 0.859. The van der Waals surface area contributed by atoms with E-state index in [1.54, 1.807) is 21.3 Å². The first-order valence-electron chi connectivity index (χ1n) is 5.39. The van der Waals surface area contributed by atoms with Crippen LogP contribution in [0.5, 0.6) is 23.0 Å². The summed E-state index contributed by atoms with van der Waals surface area (Å²) >= 11 is 0. The molecule has 1 aromatic rings. The van der Waals surface area contributed by atoms with Crippen LogP contribution in [-0.2, 0) is 0 Å². The summed E-state index contributed by atoms with van der Waals surface area (Å²) in [7, 11) is 6.69. The first-order valence-corrected chi connectivity index (χ1v) is 5.39. The number of nitrogens with one attached hydrogen (secondary N) is 1. The van der Waals surface area contributed by atoms with Crippen LogP contribution in [0.1, 0.15) is 11.6 Å². The van der Waals surface area contributed by atoms with E-state index in [1.807, 2.05) is 13.1 Å². The third-order valence-electron chi connectivity index (χ3n) is 2.93. The maximum absolute atomic E-state index is 5.61. The van der Waals surface area contributed by atoms with E-state index < -0.39 is 0 Å². The Kier molecular flexibility index (Phi) is 3.28. The molecule has 0 aliphatic carbocycles. The molecule has 5 heteroatoms. The van der Waals surface area contributed by atoms with E-state index in [2.05, 4.69) is 5.32 Å². The zero-order valence-corrected chi connectivity index (χ0v) is 10.5. The van der Waals surface area contributed by atoms with E-state index in [4.69, 9.17) is 18.9 Å². The van der Waals surface area contributed by atoms with E-state index in [0.717, 1.165) is 11.3 Å². The van der Waals surface area contributed by atoms with Crippen molar-refractivity contribution < 1.29 is 18.9 Å². The topological polar surface area (TPSA) is 49.0 Å². The molecule has 2 rings (SSSR count). The lowest BCUT2D eigenvalue weighted by molar-refractivity contribution is 0.315. The molecule has 0 bridgehead atoms. The van der Waals surface area contributed by atoms with Crippen molar-refractivity contribution in [3.05, 3.63) is 11.6 Å². The summed E-state index contributed by atoms with van der Waals surface area (Å²) in [5.74, 6) is 2.65. The smallest absolute Gasteiger partial charge is 0.203 e. The normalized spacial score (nSPS) is 17.3. The molecule has 1 unspecified atom stereocenters. The minimum Gasteiger partial charge on any atom is -0.493 e. The molecule has 5 nitrogen and oxygen atoms in total. The molecule has 1 aliphatic heterocycles. The lowest BCUT2D eigenvalue weighted by Crippen LogP contribution is -2.17. The van der Waals surface area contributed by atoms with Crippen molar-refractivity contribution in [3.63, 3.8) is 0 Å². The van der Waals surface area contributed by atoms with Crippen LogP contribution in [0.4, 0.5) is 0 Å². The fraction of sp³-hybridized carbons (Fsp3) is 0.500. The maximum atomic E-state index is 5.61. The Morgan fingerprint density at radius 2 is 1.88 bits per heavy atom. The molecule has 0 saturated heterocycles. The van der Waals surface area contributed by atoms with Crippen LogP contribution in [0.2, 0.25) is 0 Å². The third-order valence-corrected chi connectivity index (χ3v) is 2.93. The van der Waals surface area contributed by atoms with Crippen molar-refractivity contribution in [1.29, 1.82) is 0 Å². The highest BCUT2D eigenvalue weighted by molar-refractivity contribution is 5.63. The number of benzene rings is 1. The lowest BCUT2D eigenvalue weighted by Gasteiger charge is -2.17. The Labute approximate surface area is 101 Å². The number of fused-ring (bicyclic) bond motifs is 1. The molecule has 0 amide bonds. The maximum Gasteiger partial charge on any atom is 0.203 e. The minimum absolute atomic E-state index is 0.111. The number of hydrogen-bond donors (Lipinski definition) is 1. The van der Waals surface area contributed by atoms with E-state index >= 15 is 0 Å². The van der Waals surface area contributed by atoms with Gasteiger partial charge in [0.1, 0.15) is 12.4 Å². The van der Waals surface area contributed by atoms with Gasteiger partial charge in [-0.2, -0.15) is 0 Å². The van der Waals surface area contributed by atoms with Gasteiger partial charge in [0.05, 0.1) is 32.9 Å². The molecule has 1 N–H and O–H groups in total. The van der Waals surface area contributed by atoms with Gasteiger partial charge in [-0.05, 0) is 7.05 Å². The summed E-state index contributed by atoms with van der Waals surface area (Å²) in [5, 5.41) is 3.18. The zero-order valence-electron chi connectivity index (χ0n) is 10.5. The molecule has 0 radical (unpaired) electrons. The van der Waals surface area contributed by atoms with Gasteiger partial charge < -0.3 is 24.3 Å². The second-order valence-electron chi connectivity index (χ2n) is 3.71. The molecule has 1 aliphatic rings. The van der Waals surface area contributed by atoms with Crippen molar-refractivity contribution in [1.82, 2.24) is 5.32 Å². The predicted molar refractivity (Wildman–Crippen MR) is 63.4 cm³/mol. The van der Waals surface area contributed by atoms with Gasteiger partial charge in [-0.1, -0.05) is 0 Å². The lowest BCUT2D eigenvalue weighted by atomic mass is 10.1. The van der Waals surface area contributed by atoms with Crippen LogP contribution in [0.15, 0.2) is 6.07 Å². The van der Waals surface area contributed by atoms with Gasteiger partial charge in [0.25, 0.3) is 0 Å². The van der Waals surface area contributed by atoms with E-state index in [1.165, 1.54) is 0 Å². The molecular formula is C12H17NO4. The van der Waals surface area contributed by atoms with Crippen molar-refractivity contribution in [2.75, 3.05) is 35.0 Å². The summed E-state index contributed by atoms with van der Waals surface area (Å²) in [6.45, 7) is 0.582. The van der Waals surface area contributed by atoms with Gasteiger partial charge in [0.2, 0.25) is 5.75 Å². The summed E-state index contributed by atoms with van der Waals surface area (Å²) in [5.41, 5.74) is 0.979. The number of ether oxygens (including phenoxy) is 4.